The monoisotopic (exact) mass is 205 g/mol. The van der Waals surface area contributed by atoms with Crippen molar-refractivity contribution in [2.75, 3.05) is 36.9 Å². The van der Waals surface area contributed by atoms with Gasteiger partial charge >= 0.3 is 0 Å². The van der Waals surface area contributed by atoms with Crippen molar-refractivity contribution in [1.29, 1.82) is 5.26 Å². The molecule has 1 aromatic rings. The Bertz CT molecular complexity index is 394. The summed E-state index contributed by atoms with van der Waals surface area (Å²) in [5.74, 6) is 0.795. The molecule has 1 aromatic heterocycles. The van der Waals surface area contributed by atoms with E-state index in [-0.39, 0.29) is 5.95 Å². The number of ether oxygens (including phenoxy) is 1. The number of hydrogen-bond donors (Lipinski definition) is 1. The number of nitriles is 1. The van der Waals surface area contributed by atoms with Crippen molar-refractivity contribution in [3.8, 4) is 6.07 Å². The summed E-state index contributed by atoms with van der Waals surface area (Å²) < 4.78 is 5.23. The number of anilines is 2. The van der Waals surface area contributed by atoms with Crippen molar-refractivity contribution in [3.63, 3.8) is 0 Å². The summed E-state index contributed by atoms with van der Waals surface area (Å²) in [6.07, 6.45) is 1.45. The average molecular weight is 205 g/mol. The number of nitrogens with zero attached hydrogens (tertiary/aromatic N) is 4. The largest absolute Gasteiger partial charge is 0.378 e. The van der Waals surface area contributed by atoms with Crippen LogP contribution in [0.1, 0.15) is 5.56 Å². The van der Waals surface area contributed by atoms with Gasteiger partial charge in [-0.3, -0.25) is 0 Å². The molecule has 1 saturated heterocycles. The number of nitrogens with two attached hydrogens (primary N) is 1. The van der Waals surface area contributed by atoms with Gasteiger partial charge in [0.05, 0.1) is 19.4 Å². The summed E-state index contributed by atoms with van der Waals surface area (Å²) in [6, 6.07) is 2.06. The molecule has 0 unspecified atom stereocenters. The Balaban J connectivity index is 2.32. The van der Waals surface area contributed by atoms with Crippen LogP contribution in [0.2, 0.25) is 0 Å². The molecule has 1 aliphatic rings. The van der Waals surface area contributed by atoms with Crippen LogP contribution in [0, 0.1) is 11.3 Å². The van der Waals surface area contributed by atoms with Crippen LogP contribution < -0.4 is 10.6 Å². The van der Waals surface area contributed by atoms with Crippen molar-refractivity contribution in [2.45, 2.75) is 0 Å². The Morgan fingerprint density at radius 2 is 2.20 bits per heavy atom. The minimum Gasteiger partial charge on any atom is -0.378 e. The number of rotatable bonds is 1. The highest BCUT2D eigenvalue weighted by Crippen LogP contribution is 2.18. The predicted octanol–water partition coefficient (Wildman–Crippen LogP) is -0.233. The Morgan fingerprint density at radius 1 is 1.47 bits per heavy atom. The zero-order chi connectivity index (χ0) is 10.7. The summed E-state index contributed by atoms with van der Waals surface area (Å²) in [4.78, 5) is 9.86. The first-order valence-electron chi connectivity index (χ1n) is 4.66. The maximum absolute atomic E-state index is 8.91. The lowest BCUT2D eigenvalue weighted by Gasteiger charge is -2.28. The van der Waals surface area contributed by atoms with Gasteiger partial charge in [-0.05, 0) is 0 Å². The molecule has 6 nitrogen and oxygen atoms in total. The predicted molar refractivity (Wildman–Crippen MR) is 54.2 cm³/mol. The summed E-state index contributed by atoms with van der Waals surface area (Å²) in [6.45, 7) is 2.75. The Labute approximate surface area is 87.3 Å². The Morgan fingerprint density at radius 3 is 2.87 bits per heavy atom. The van der Waals surface area contributed by atoms with Crippen molar-refractivity contribution in [2.24, 2.45) is 0 Å². The van der Waals surface area contributed by atoms with Gasteiger partial charge in [0.15, 0.2) is 5.82 Å². The van der Waals surface area contributed by atoms with E-state index in [4.69, 9.17) is 15.7 Å². The lowest BCUT2D eigenvalue weighted by atomic mass is 10.3. The fourth-order valence-electron chi connectivity index (χ4n) is 1.48. The van der Waals surface area contributed by atoms with Gasteiger partial charge < -0.3 is 15.4 Å². The van der Waals surface area contributed by atoms with E-state index in [9.17, 15) is 0 Å². The normalized spacial score (nSPS) is 16.1. The molecule has 1 aliphatic heterocycles. The second kappa shape index (κ2) is 4.11. The lowest BCUT2D eigenvalue weighted by molar-refractivity contribution is 0.122. The molecular formula is C9H11N5O. The van der Waals surface area contributed by atoms with Gasteiger partial charge in [0.2, 0.25) is 5.95 Å². The van der Waals surface area contributed by atoms with E-state index in [1.807, 2.05) is 4.90 Å². The second-order valence-electron chi connectivity index (χ2n) is 3.18. The van der Waals surface area contributed by atoms with E-state index in [1.165, 1.54) is 6.20 Å². The van der Waals surface area contributed by atoms with Gasteiger partial charge in [-0.15, -0.1) is 0 Å². The van der Waals surface area contributed by atoms with Crippen molar-refractivity contribution >= 4 is 11.8 Å². The van der Waals surface area contributed by atoms with Crippen LogP contribution in [-0.4, -0.2) is 36.3 Å². The molecule has 0 aromatic carbocycles. The third kappa shape index (κ3) is 1.97. The van der Waals surface area contributed by atoms with E-state index in [0.29, 0.717) is 24.6 Å². The molecule has 15 heavy (non-hydrogen) atoms. The zero-order valence-corrected chi connectivity index (χ0v) is 8.18. The summed E-state index contributed by atoms with van der Waals surface area (Å²) in [5.41, 5.74) is 5.95. The second-order valence-corrected chi connectivity index (χ2v) is 3.18. The molecule has 1 fully saturated rings. The van der Waals surface area contributed by atoms with Gasteiger partial charge in [0.25, 0.3) is 0 Å². The SMILES string of the molecule is N#Cc1cnc(N)nc1N1CCOCC1. The third-order valence-electron chi connectivity index (χ3n) is 2.22. The average Bonchev–Trinajstić information content (AvgIpc) is 2.30. The Kier molecular flexibility index (Phi) is 2.65. The first kappa shape index (κ1) is 9.68. The molecule has 0 atom stereocenters. The van der Waals surface area contributed by atoms with Gasteiger partial charge in [0, 0.05) is 13.1 Å². The first-order chi connectivity index (χ1) is 7.31. The van der Waals surface area contributed by atoms with E-state index in [1.54, 1.807) is 0 Å². The summed E-state index contributed by atoms with van der Waals surface area (Å²) in [5, 5.41) is 8.91. The maximum Gasteiger partial charge on any atom is 0.222 e. The minimum absolute atomic E-state index is 0.190. The fourth-order valence-corrected chi connectivity index (χ4v) is 1.48. The molecule has 2 N–H and O–H groups in total. The van der Waals surface area contributed by atoms with E-state index in [2.05, 4.69) is 16.0 Å². The molecule has 0 saturated carbocycles. The standard InChI is InChI=1S/C9H11N5O/c10-5-7-6-12-9(11)13-8(7)14-1-3-15-4-2-14/h6H,1-4H2,(H2,11,12,13). The van der Waals surface area contributed by atoms with Crippen LogP contribution in [0.4, 0.5) is 11.8 Å². The first-order valence-corrected chi connectivity index (χ1v) is 4.66. The highest BCUT2D eigenvalue weighted by atomic mass is 16.5. The lowest BCUT2D eigenvalue weighted by Crippen LogP contribution is -2.37. The fraction of sp³-hybridized carbons (Fsp3) is 0.444. The topological polar surface area (TPSA) is 88.1 Å². The third-order valence-corrected chi connectivity index (χ3v) is 2.22. The molecule has 0 radical (unpaired) electrons. The number of hydrogen-bond acceptors (Lipinski definition) is 6. The van der Waals surface area contributed by atoms with Crippen LogP contribution in [-0.2, 0) is 4.74 Å². The zero-order valence-electron chi connectivity index (χ0n) is 8.18. The van der Waals surface area contributed by atoms with Crippen LogP contribution in [0.5, 0.6) is 0 Å². The highest BCUT2D eigenvalue weighted by molar-refractivity contribution is 5.54. The number of nitrogen functional groups attached to an aromatic ring is 1. The minimum atomic E-state index is 0.190. The van der Waals surface area contributed by atoms with Gasteiger partial charge in [0.1, 0.15) is 11.6 Å². The van der Waals surface area contributed by atoms with Gasteiger partial charge in [-0.25, -0.2) is 4.98 Å². The van der Waals surface area contributed by atoms with Crippen LogP contribution in [0.15, 0.2) is 6.20 Å². The van der Waals surface area contributed by atoms with Crippen LogP contribution in [0.25, 0.3) is 0 Å². The van der Waals surface area contributed by atoms with E-state index >= 15 is 0 Å². The highest BCUT2D eigenvalue weighted by Gasteiger charge is 2.16. The van der Waals surface area contributed by atoms with Crippen molar-refractivity contribution in [3.05, 3.63) is 11.8 Å². The van der Waals surface area contributed by atoms with Crippen molar-refractivity contribution < 1.29 is 4.74 Å². The molecule has 2 rings (SSSR count). The van der Waals surface area contributed by atoms with Crippen molar-refractivity contribution in [1.82, 2.24) is 9.97 Å². The molecule has 0 bridgehead atoms. The van der Waals surface area contributed by atoms with Crippen LogP contribution >= 0.6 is 0 Å². The van der Waals surface area contributed by atoms with Crippen LogP contribution in [0.3, 0.4) is 0 Å². The molecule has 78 valence electrons. The molecular weight excluding hydrogens is 194 g/mol. The number of morpholine rings is 1. The quantitative estimate of drug-likeness (QED) is 0.681. The molecule has 0 amide bonds. The maximum atomic E-state index is 8.91. The summed E-state index contributed by atoms with van der Waals surface area (Å²) in [7, 11) is 0. The Hall–Kier alpha value is -1.87. The van der Waals surface area contributed by atoms with Gasteiger partial charge in [-0.1, -0.05) is 0 Å². The van der Waals surface area contributed by atoms with E-state index in [0.717, 1.165) is 13.1 Å². The smallest absolute Gasteiger partial charge is 0.222 e. The molecule has 0 spiro atoms. The molecule has 6 heteroatoms. The van der Waals surface area contributed by atoms with E-state index < -0.39 is 0 Å². The molecule has 0 aliphatic carbocycles. The van der Waals surface area contributed by atoms with Gasteiger partial charge in [-0.2, -0.15) is 10.2 Å². The number of aromatic nitrogens is 2. The molecule has 2 heterocycles. The summed E-state index contributed by atoms with van der Waals surface area (Å²) >= 11 is 0.